The Bertz CT molecular complexity index is 3050. The molecule has 68 heavy (non-hydrogen) atoms. The molecule has 5 aromatic carbocycles. The first-order chi connectivity index (χ1) is 32.4. The van der Waals surface area contributed by atoms with Crippen molar-refractivity contribution in [3.05, 3.63) is 120 Å². The maximum atomic E-state index is 16.1. The van der Waals surface area contributed by atoms with E-state index in [0.717, 1.165) is 9.87 Å². The molecule has 2 aromatic heterocycles. The van der Waals surface area contributed by atoms with Crippen molar-refractivity contribution in [2.45, 2.75) is 61.8 Å². The number of aliphatic hydroxyl groups excluding tert-OH is 1. The third-order valence-electron chi connectivity index (χ3n) is 10.4. The van der Waals surface area contributed by atoms with Gasteiger partial charge in [0, 0.05) is 25.2 Å². The van der Waals surface area contributed by atoms with E-state index in [9.17, 15) is 18.3 Å². The van der Waals surface area contributed by atoms with Crippen LogP contribution in [0.15, 0.2) is 113 Å². The van der Waals surface area contributed by atoms with Crippen molar-refractivity contribution in [3.8, 4) is 39.8 Å². The van der Waals surface area contributed by atoms with Crippen LogP contribution in [0.25, 0.3) is 32.7 Å². The van der Waals surface area contributed by atoms with E-state index in [2.05, 4.69) is 25.3 Å². The lowest BCUT2D eigenvalue weighted by Gasteiger charge is -2.27. The largest absolute Gasteiger partial charge is 0.497 e. The van der Waals surface area contributed by atoms with Gasteiger partial charge in [0.2, 0.25) is 25.9 Å². The number of nitrogens with two attached hydrogens (primary N) is 1. The summed E-state index contributed by atoms with van der Waals surface area (Å²) in [4.78, 5) is 17.1. The van der Waals surface area contributed by atoms with E-state index in [0.29, 0.717) is 44.2 Å². The first-order valence-corrected chi connectivity index (χ1v) is 24.7. The number of fused-ring (bicyclic) bond motifs is 1. The minimum absolute atomic E-state index is 0.0933. The predicted molar refractivity (Wildman–Crippen MR) is 256 cm³/mol. The fourth-order valence-electron chi connectivity index (χ4n) is 7.14. The summed E-state index contributed by atoms with van der Waals surface area (Å²) < 4.78 is 87.8. The Morgan fingerprint density at radius 3 is 1.93 bits per heavy atom. The number of benzene rings is 5. The predicted octanol–water partition coefficient (Wildman–Crippen LogP) is 5.83. The summed E-state index contributed by atoms with van der Waals surface area (Å²) in [5.41, 5.74) is 7.99. The number of carbonyl (C=O) groups is 1. The van der Waals surface area contributed by atoms with Gasteiger partial charge in [-0.05, 0) is 96.8 Å². The van der Waals surface area contributed by atoms with Gasteiger partial charge in [0.1, 0.15) is 32.6 Å². The van der Waals surface area contributed by atoms with Gasteiger partial charge in [0.05, 0.1) is 56.3 Å². The maximum Gasteiger partial charge on any atom is 0.407 e. The molecule has 1 unspecified atom stereocenters. The second kappa shape index (κ2) is 20.7. The molecule has 0 fully saturated rings. The van der Waals surface area contributed by atoms with Crippen molar-refractivity contribution in [3.63, 3.8) is 0 Å². The summed E-state index contributed by atoms with van der Waals surface area (Å²) in [5.74, 6) is 1.46. The molecule has 19 nitrogen and oxygen atoms in total. The molecule has 358 valence electrons. The quantitative estimate of drug-likeness (QED) is 0.0744. The minimum Gasteiger partial charge on any atom is -0.497 e. The van der Waals surface area contributed by atoms with Gasteiger partial charge < -0.3 is 35.1 Å². The smallest absolute Gasteiger partial charge is 0.407 e. The van der Waals surface area contributed by atoms with Crippen LogP contribution in [0.4, 0.5) is 9.93 Å². The summed E-state index contributed by atoms with van der Waals surface area (Å²) >= 11 is 1.22. The van der Waals surface area contributed by atoms with Gasteiger partial charge in [0.15, 0.2) is 5.13 Å². The number of hydrogen-bond donors (Lipinski definition) is 4. The minimum atomic E-state index is -5.02. The summed E-state index contributed by atoms with van der Waals surface area (Å²) in [6, 6.07) is 27.2. The van der Waals surface area contributed by atoms with Crippen LogP contribution in [0.3, 0.4) is 0 Å². The highest BCUT2D eigenvalue weighted by atomic mass is 32.2. The number of nitrogens with one attached hydrogen (secondary N) is 2. The second-order valence-corrected chi connectivity index (χ2v) is 21.0. The number of anilines is 1. The van der Waals surface area contributed by atoms with E-state index in [1.807, 2.05) is 6.07 Å². The molecular weight excluding hydrogens is 935 g/mol. The lowest BCUT2D eigenvalue weighted by molar-refractivity contribution is 0.0519. The molecule has 1 atom stereocenters. The van der Waals surface area contributed by atoms with E-state index < -0.39 is 60.7 Å². The summed E-state index contributed by atoms with van der Waals surface area (Å²) in [6.45, 7) is 3.36. The number of nitrogen functional groups attached to an aromatic ring is 1. The van der Waals surface area contributed by atoms with E-state index in [4.69, 9.17) is 29.8 Å². The highest BCUT2D eigenvalue weighted by Gasteiger charge is 2.39. The molecule has 2 heterocycles. The van der Waals surface area contributed by atoms with Gasteiger partial charge >= 0.3 is 6.09 Å². The highest BCUT2D eigenvalue weighted by molar-refractivity contribution is 7.92. The van der Waals surface area contributed by atoms with Gasteiger partial charge in [-0.1, -0.05) is 65.9 Å². The van der Waals surface area contributed by atoms with Gasteiger partial charge in [-0.2, -0.15) is 9.10 Å². The number of methoxy groups -OCH3 is 3. The topological polar surface area (TPSA) is 252 Å². The third-order valence-corrected chi connectivity index (χ3v) is 14.8. The van der Waals surface area contributed by atoms with Crippen LogP contribution in [-0.2, 0) is 44.4 Å². The Morgan fingerprint density at radius 1 is 0.809 bits per heavy atom. The Balaban J connectivity index is 1.48. The average molecular weight is 986 g/mol. The number of aliphatic hydroxyl groups is 1. The molecule has 7 aromatic rings. The number of thiazole rings is 1. The molecule has 0 saturated carbocycles. The zero-order valence-corrected chi connectivity index (χ0v) is 40.5. The molecule has 0 aliphatic carbocycles. The molecule has 0 aliphatic heterocycles. The van der Waals surface area contributed by atoms with E-state index in [1.54, 1.807) is 113 Å². The maximum absolute atomic E-state index is 16.1. The number of ether oxygens (including phenoxy) is 4. The highest BCUT2D eigenvalue weighted by Crippen LogP contribution is 2.44. The number of hydrogen-bond acceptors (Lipinski definition) is 16. The van der Waals surface area contributed by atoms with Gasteiger partial charge in [0.25, 0.3) is 0 Å². The zero-order valence-electron chi connectivity index (χ0n) is 38.0. The van der Waals surface area contributed by atoms with Gasteiger partial charge in [-0.3, -0.25) is 0 Å². The average Bonchev–Trinajstić information content (AvgIpc) is 3.95. The van der Waals surface area contributed by atoms with Crippen molar-refractivity contribution in [1.82, 2.24) is 39.5 Å². The van der Waals surface area contributed by atoms with Crippen LogP contribution in [0, 0.1) is 0 Å². The van der Waals surface area contributed by atoms with Crippen molar-refractivity contribution < 1.29 is 45.7 Å². The lowest BCUT2D eigenvalue weighted by Crippen LogP contribution is -2.47. The molecule has 0 saturated heterocycles. The van der Waals surface area contributed by atoms with Crippen LogP contribution < -0.4 is 30.0 Å². The number of nitrogens with zero attached hydrogens (tertiary/aromatic N) is 6. The number of carbonyl (C=O) groups excluding carboxylic acids is 1. The summed E-state index contributed by atoms with van der Waals surface area (Å²) in [7, 11) is -5.40. The molecular formula is C46H51N9O10S3. The Kier molecular flexibility index (Phi) is 15.0. The van der Waals surface area contributed by atoms with Crippen LogP contribution in [-0.4, -0.2) is 104 Å². The zero-order chi connectivity index (χ0) is 48.8. The van der Waals surface area contributed by atoms with Gasteiger partial charge in [-0.25, -0.2) is 31.3 Å². The van der Waals surface area contributed by atoms with E-state index in [-0.39, 0.29) is 41.7 Å². The molecule has 7 rings (SSSR count). The van der Waals surface area contributed by atoms with Crippen LogP contribution in [0.5, 0.6) is 17.2 Å². The molecule has 0 bridgehead atoms. The van der Waals surface area contributed by atoms with Crippen molar-refractivity contribution in [2.24, 2.45) is 0 Å². The SMILES string of the molecule is COc1ccc(CN(Cc2ccc(OC)cc2)S(=O)(=O)c2c(S(=O)(=O)NC(CO)CNC(=O)OC(C)(C)C)ccc(-c3cccc4sc(N)nc34)c2-c2nnn(Cc3ccc(OC)cc3)n2)cc1. The first kappa shape index (κ1) is 49.2. The Morgan fingerprint density at radius 2 is 1.38 bits per heavy atom. The molecule has 5 N–H and O–H groups in total. The van der Waals surface area contributed by atoms with Crippen LogP contribution in [0.1, 0.15) is 37.5 Å². The molecule has 0 radical (unpaired) electrons. The normalized spacial score (nSPS) is 12.5. The fraction of sp³-hybridized carbons (Fsp3) is 0.283. The first-order valence-electron chi connectivity index (χ1n) is 21.0. The Hall–Kier alpha value is -6.69. The van der Waals surface area contributed by atoms with E-state index in [1.165, 1.54) is 42.5 Å². The number of rotatable bonds is 19. The number of amides is 1. The molecule has 0 spiro atoms. The van der Waals surface area contributed by atoms with Crippen molar-refractivity contribution >= 4 is 52.8 Å². The standard InChI is InChI=1S/C46H51N9O10S3/c1-46(2,3)65-45(57)48-24-32(28-56)52-67(58,59)39-23-22-36(37-8-7-9-38-41(37)49-44(47)66-38)40(43-50-53-55(51-43)27-31-14-20-35(64-6)21-15-31)42(39)68(60,61)54(25-29-10-16-33(62-4)17-11-29)26-30-12-18-34(63-5)19-13-30/h7-23,32,52,56H,24-28H2,1-6H3,(H2,47,49)(H,48,57). The second-order valence-electron chi connectivity index (χ2n) is 16.4. The van der Waals surface area contributed by atoms with E-state index >= 15 is 8.42 Å². The molecule has 22 heteroatoms. The van der Waals surface area contributed by atoms with Gasteiger partial charge in [-0.15, -0.1) is 10.2 Å². The Labute approximate surface area is 397 Å². The lowest BCUT2D eigenvalue weighted by atomic mass is 9.98. The van der Waals surface area contributed by atoms with Crippen LogP contribution >= 0.6 is 11.3 Å². The fourth-order valence-corrected chi connectivity index (χ4v) is 11.5. The molecule has 0 aliphatic rings. The number of tetrazole rings is 1. The number of alkyl carbamates (subject to hydrolysis) is 1. The third kappa shape index (κ3) is 11.5. The molecule has 1 amide bonds. The number of aromatic nitrogens is 5. The van der Waals surface area contributed by atoms with Crippen molar-refractivity contribution in [2.75, 3.05) is 40.2 Å². The van der Waals surface area contributed by atoms with Crippen LogP contribution in [0.2, 0.25) is 0 Å². The summed E-state index contributed by atoms with van der Waals surface area (Å²) in [6.07, 6.45) is -0.863. The monoisotopic (exact) mass is 985 g/mol. The van der Waals surface area contributed by atoms with Crippen molar-refractivity contribution in [1.29, 1.82) is 0 Å². The number of sulfonamides is 2. The summed E-state index contributed by atoms with van der Waals surface area (Å²) in [5, 5.41) is 26.6. The number of para-hydroxylation sites is 1.